The molecule has 0 aliphatic heterocycles. The van der Waals surface area contributed by atoms with Crippen molar-refractivity contribution in [1.29, 1.82) is 0 Å². The number of methoxy groups -OCH3 is 1. The third-order valence-electron chi connectivity index (χ3n) is 3.68. The predicted molar refractivity (Wildman–Crippen MR) is 87.6 cm³/mol. The van der Waals surface area contributed by atoms with E-state index < -0.39 is 0 Å². The third-order valence-corrected chi connectivity index (χ3v) is 3.68. The highest BCUT2D eigenvalue weighted by atomic mass is 16.5. The van der Waals surface area contributed by atoms with Crippen LogP contribution in [0.2, 0.25) is 0 Å². The molecule has 3 aromatic rings. The minimum Gasteiger partial charge on any atom is -0.480 e. The van der Waals surface area contributed by atoms with Gasteiger partial charge in [-0.2, -0.15) is 0 Å². The molecule has 0 bridgehead atoms. The summed E-state index contributed by atoms with van der Waals surface area (Å²) in [6, 6.07) is 11.4. The maximum absolute atomic E-state index is 12.2. The topological polar surface area (TPSA) is 69.0 Å². The number of rotatable bonds is 5. The number of nitrogens with zero attached hydrogens (tertiary/aromatic N) is 3. The fourth-order valence-corrected chi connectivity index (χ4v) is 2.58. The van der Waals surface area contributed by atoms with Crippen molar-refractivity contribution in [2.75, 3.05) is 13.7 Å². The second-order valence-electron chi connectivity index (χ2n) is 5.12. The Morgan fingerprint density at radius 3 is 2.91 bits per heavy atom. The number of hydrogen-bond donors (Lipinski definition) is 1. The molecule has 0 spiro atoms. The zero-order chi connectivity index (χ0) is 16.2. The van der Waals surface area contributed by atoms with E-state index in [1.54, 1.807) is 18.3 Å². The lowest BCUT2D eigenvalue weighted by Crippen LogP contribution is -2.28. The summed E-state index contributed by atoms with van der Waals surface area (Å²) >= 11 is 0. The van der Waals surface area contributed by atoms with Gasteiger partial charge in [-0.1, -0.05) is 12.1 Å². The van der Waals surface area contributed by atoms with Gasteiger partial charge < -0.3 is 14.6 Å². The zero-order valence-corrected chi connectivity index (χ0v) is 13.1. The van der Waals surface area contributed by atoms with Gasteiger partial charge >= 0.3 is 0 Å². The Hall–Kier alpha value is -2.89. The largest absolute Gasteiger partial charge is 0.480 e. The van der Waals surface area contributed by atoms with Gasteiger partial charge in [0.25, 0.3) is 5.91 Å². The quantitative estimate of drug-likeness (QED) is 0.784. The lowest BCUT2D eigenvalue weighted by molar-refractivity contribution is 0.0948. The number of ether oxygens (including phenoxy) is 1. The van der Waals surface area contributed by atoms with E-state index in [1.165, 1.54) is 7.11 Å². The molecule has 1 aromatic carbocycles. The summed E-state index contributed by atoms with van der Waals surface area (Å²) in [4.78, 5) is 20.8. The SMILES string of the molecule is COc1ncccc1C(=O)NCCn1c(C)nc2ccccc21. The zero-order valence-electron chi connectivity index (χ0n) is 13.1. The number of benzene rings is 1. The lowest BCUT2D eigenvalue weighted by Gasteiger charge is -2.10. The Labute approximate surface area is 134 Å². The van der Waals surface area contributed by atoms with Crippen LogP contribution in [0.3, 0.4) is 0 Å². The molecule has 0 saturated heterocycles. The Balaban J connectivity index is 1.69. The number of aryl methyl sites for hydroxylation is 1. The van der Waals surface area contributed by atoms with E-state index in [0.29, 0.717) is 24.5 Å². The number of aromatic nitrogens is 3. The van der Waals surface area contributed by atoms with Crippen molar-refractivity contribution in [3.8, 4) is 5.88 Å². The van der Waals surface area contributed by atoms with E-state index in [-0.39, 0.29) is 5.91 Å². The molecule has 0 aliphatic rings. The van der Waals surface area contributed by atoms with Gasteiger partial charge in [0.2, 0.25) is 5.88 Å². The van der Waals surface area contributed by atoms with Crippen LogP contribution in [0, 0.1) is 6.92 Å². The predicted octanol–water partition coefficient (Wildman–Crippen LogP) is 2.18. The average Bonchev–Trinajstić information content (AvgIpc) is 2.90. The van der Waals surface area contributed by atoms with Crippen LogP contribution in [-0.2, 0) is 6.54 Å². The number of hydrogen-bond acceptors (Lipinski definition) is 4. The lowest BCUT2D eigenvalue weighted by atomic mass is 10.2. The molecule has 0 aliphatic carbocycles. The van der Waals surface area contributed by atoms with E-state index in [9.17, 15) is 4.79 Å². The van der Waals surface area contributed by atoms with Crippen molar-refractivity contribution in [2.45, 2.75) is 13.5 Å². The molecule has 0 fully saturated rings. The molecule has 2 heterocycles. The first kappa shape index (κ1) is 15.0. The van der Waals surface area contributed by atoms with E-state index in [2.05, 4.69) is 19.9 Å². The molecule has 23 heavy (non-hydrogen) atoms. The van der Waals surface area contributed by atoms with E-state index in [1.807, 2.05) is 31.2 Å². The molecule has 1 N–H and O–H groups in total. The molecule has 0 unspecified atom stereocenters. The van der Waals surface area contributed by atoms with E-state index in [0.717, 1.165) is 16.9 Å². The van der Waals surface area contributed by atoms with Crippen molar-refractivity contribution < 1.29 is 9.53 Å². The summed E-state index contributed by atoms with van der Waals surface area (Å²) in [5.41, 5.74) is 2.46. The summed E-state index contributed by atoms with van der Waals surface area (Å²) in [7, 11) is 1.50. The van der Waals surface area contributed by atoms with Crippen molar-refractivity contribution >= 4 is 16.9 Å². The van der Waals surface area contributed by atoms with Crippen molar-refractivity contribution in [1.82, 2.24) is 19.9 Å². The van der Waals surface area contributed by atoms with Gasteiger partial charge in [0, 0.05) is 19.3 Å². The third kappa shape index (κ3) is 3.01. The maximum atomic E-state index is 12.2. The molecule has 118 valence electrons. The van der Waals surface area contributed by atoms with Crippen LogP contribution in [0.25, 0.3) is 11.0 Å². The van der Waals surface area contributed by atoms with Gasteiger partial charge in [-0.15, -0.1) is 0 Å². The number of amides is 1. The molecular formula is C17H18N4O2. The molecule has 0 atom stereocenters. The van der Waals surface area contributed by atoms with Crippen LogP contribution in [0.15, 0.2) is 42.6 Å². The van der Waals surface area contributed by atoms with Crippen LogP contribution < -0.4 is 10.1 Å². The Morgan fingerprint density at radius 1 is 1.26 bits per heavy atom. The van der Waals surface area contributed by atoms with Crippen molar-refractivity contribution in [3.05, 3.63) is 54.0 Å². The Kier molecular flexibility index (Phi) is 4.23. The number of imidazole rings is 1. The molecule has 2 aromatic heterocycles. The molecular weight excluding hydrogens is 292 g/mol. The van der Waals surface area contributed by atoms with Gasteiger partial charge in [-0.05, 0) is 31.2 Å². The fourth-order valence-electron chi connectivity index (χ4n) is 2.58. The van der Waals surface area contributed by atoms with Crippen molar-refractivity contribution in [3.63, 3.8) is 0 Å². The monoisotopic (exact) mass is 310 g/mol. The number of carbonyl (C=O) groups is 1. The van der Waals surface area contributed by atoms with Crippen LogP contribution in [0.5, 0.6) is 5.88 Å². The van der Waals surface area contributed by atoms with Crippen LogP contribution in [0.4, 0.5) is 0 Å². The first-order valence-corrected chi connectivity index (χ1v) is 7.40. The average molecular weight is 310 g/mol. The number of nitrogens with one attached hydrogen (secondary N) is 1. The van der Waals surface area contributed by atoms with Crippen molar-refractivity contribution in [2.24, 2.45) is 0 Å². The highest BCUT2D eigenvalue weighted by Crippen LogP contribution is 2.15. The summed E-state index contributed by atoms with van der Waals surface area (Å²) in [5, 5.41) is 2.90. The Morgan fingerprint density at radius 2 is 2.09 bits per heavy atom. The van der Waals surface area contributed by atoms with Crippen LogP contribution >= 0.6 is 0 Å². The van der Waals surface area contributed by atoms with E-state index in [4.69, 9.17) is 4.74 Å². The van der Waals surface area contributed by atoms with Gasteiger partial charge in [-0.25, -0.2) is 9.97 Å². The fraction of sp³-hybridized carbons (Fsp3) is 0.235. The highest BCUT2D eigenvalue weighted by Gasteiger charge is 2.12. The first-order chi connectivity index (χ1) is 11.2. The molecule has 6 heteroatoms. The smallest absolute Gasteiger partial charge is 0.256 e. The number of carbonyl (C=O) groups excluding carboxylic acids is 1. The molecule has 0 saturated carbocycles. The highest BCUT2D eigenvalue weighted by molar-refractivity contribution is 5.96. The summed E-state index contributed by atoms with van der Waals surface area (Å²) in [5.74, 6) is 1.06. The van der Waals surface area contributed by atoms with Gasteiger partial charge in [0.1, 0.15) is 11.4 Å². The summed E-state index contributed by atoms with van der Waals surface area (Å²) < 4.78 is 7.20. The summed E-state index contributed by atoms with van der Waals surface area (Å²) in [6.07, 6.45) is 1.59. The minimum absolute atomic E-state index is 0.197. The van der Waals surface area contributed by atoms with Gasteiger partial charge in [0.05, 0.1) is 18.1 Å². The Bertz CT molecular complexity index is 841. The number of pyridine rings is 1. The molecule has 3 rings (SSSR count). The molecule has 1 amide bonds. The minimum atomic E-state index is -0.197. The second-order valence-corrected chi connectivity index (χ2v) is 5.12. The van der Waals surface area contributed by atoms with E-state index >= 15 is 0 Å². The summed E-state index contributed by atoms with van der Waals surface area (Å²) in [6.45, 7) is 3.12. The van der Waals surface area contributed by atoms with Gasteiger partial charge in [-0.3, -0.25) is 4.79 Å². The second kappa shape index (κ2) is 6.48. The molecule has 6 nitrogen and oxygen atoms in total. The first-order valence-electron chi connectivity index (χ1n) is 7.40. The molecule has 0 radical (unpaired) electrons. The van der Waals surface area contributed by atoms with Gasteiger partial charge in [0.15, 0.2) is 0 Å². The normalized spacial score (nSPS) is 10.7. The number of fused-ring (bicyclic) bond motifs is 1. The maximum Gasteiger partial charge on any atom is 0.256 e. The number of para-hydroxylation sites is 2. The van der Waals surface area contributed by atoms with Crippen LogP contribution in [0.1, 0.15) is 16.2 Å². The standard InChI is InChI=1S/C17H18N4O2/c1-12-20-14-7-3-4-8-15(14)21(12)11-10-18-16(22)13-6-5-9-19-17(13)23-2/h3-9H,10-11H2,1-2H3,(H,18,22). The van der Waals surface area contributed by atoms with Crippen LogP contribution in [-0.4, -0.2) is 34.1 Å².